The van der Waals surface area contributed by atoms with Gasteiger partial charge in [0.2, 0.25) is 0 Å². The summed E-state index contributed by atoms with van der Waals surface area (Å²) in [7, 11) is -3.79. The number of carbonyl (C=O) groups is 1. The van der Waals surface area contributed by atoms with Crippen LogP contribution in [-0.2, 0) is 16.6 Å². The number of carbonyl (C=O) groups excluding carboxylic acids is 1. The number of amides is 1. The van der Waals surface area contributed by atoms with Crippen LogP contribution in [0.3, 0.4) is 0 Å². The summed E-state index contributed by atoms with van der Waals surface area (Å²) in [5.41, 5.74) is 4.80. The number of sulfonamides is 1. The molecule has 0 aliphatic rings. The Morgan fingerprint density at radius 2 is 1.65 bits per heavy atom. The van der Waals surface area contributed by atoms with E-state index in [4.69, 9.17) is 16.3 Å². The van der Waals surface area contributed by atoms with Gasteiger partial charge in [-0.3, -0.25) is 9.52 Å². The highest BCUT2D eigenvalue weighted by Crippen LogP contribution is 2.23. The number of halogens is 2. The van der Waals surface area contributed by atoms with Gasteiger partial charge in [0.15, 0.2) is 0 Å². The minimum Gasteiger partial charge on any atom is -0.488 e. The average Bonchev–Trinajstić information content (AvgIpc) is 2.89. The fourth-order valence-electron chi connectivity index (χ4n) is 3.23. The largest absolute Gasteiger partial charge is 0.488 e. The molecule has 0 spiro atoms. The smallest absolute Gasteiger partial charge is 0.271 e. The lowest BCUT2D eigenvalue weighted by molar-refractivity contribution is 0.0955. The van der Waals surface area contributed by atoms with E-state index >= 15 is 0 Å². The third kappa shape index (κ3) is 7.42. The van der Waals surface area contributed by atoms with Gasteiger partial charge >= 0.3 is 0 Å². The molecule has 0 atom stereocenters. The molecular weight excluding hydrogens is 578 g/mol. The van der Waals surface area contributed by atoms with Crippen molar-refractivity contribution >= 4 is 55.4 Å². The number of hydrazone groups is 1. The SMILES string of the molecule is O=C(N/N=C/c1cc(Br)ccc1OCc1ccccc1)c1ccc(NS(=O)(=O)c2ccc(Cl)cc2)cc1. The lowest BCUT2D eigenvalue weighted by Gasteiger charge is -2.10. The third-order valence-corrected chi connectivity index (χ3v) is 7.24. The summed E-state index contributed by atoms with van der Waals surface area (Å²) in [5, 5.41) is 4.49. The Morgan fingerprint density at radius 3 is 2.35 bits per heavy atom. The molecule has 10 heteroatoms. The first-order valence-electron chi connectivity index (χ1n) is 11.0. The second-order valence-corrected chi connectivity index (χ2v) is 10.8. The first kappa shape index (κ1) is 26.4. The van der Waals surface area contributed by atoms with Crippen LogP contribution in [0.5, 0.6) is 5.75 Å². The Balaban J connectivity index is 1.38. The highest BCUT2D eigenvalue weighted by atomic mass is 79.9. The highest BCUT2D eigenvalue weighted by Gasteiger charge is 2.14. The zero-order valence-corrected chi connectivity index (χ0v) is 22.4. The fourth-order valence-corrected chi connectivity index (χ4v) is 4.79. The molecule has 0 aromatic heterocycles. The van der Waals surface area contributed by atoms with Gasteiger partial charge in [-0.15, -0.1) is 0 Å². The minimum atomic E-state index is -3.79. The van der Waals surface area contributed by atoms with Crippen LogP contribution in [0.1, 0.15) is 21.5 Å². The second-order valence-electron chi connectivity index (χ2n) is 7.79. The van der Waals surface area contributed by atoms with Crippen LogP contribution in [0, 0.1) is 0 Å². The van der Waals surface area contributed by atoms with E-state index in [1.54, 1.807) is 0 Å². The van der Waals surface area contributed by atoms with Gasteiger partial charge < -0.3 is 4.74 Å². The summed E-state index contributed by atoms with van der Waals surface area (Å²) in [4.78, 5) is 12.6. The number of nitrogens with zero attached hydrogens (tertiary/aromatic N) is 1. The summed E-state index contributed by atoms with van der Waals surface area (Å²) in [6, 6.07) is 27.1. The van der Waals surface area contributed by atoms with Gasteiger partial charge in [0.1, 0.15) is 12.4 Å². The number of nitrogens with one attached hydrogen (secondary N) is 2. The summed E-state index contributed by atoms with van der Waals surface area (Å²) in [6.07, 6.45) is 1.50. The van der Waals surface area contributed by atoms with Gasteiger partial charge in [-0.25, -0.2) is 13.8 Å². The molecule has 0 radical (unpaired) electrons. The number of hydrogen-bond donors (Lipinski definition) is 2. The van der Waals surface area contributed by atoms with E-state index in [0.717, 1.165) is 10.0 Å². The predicted octanol–water partition coefficient (Wildman–Crippen LogP) is 6.25. The Bertz CT molecular complexity index is 1510. The van der Waals surface area contributed by atoms with Crippen LogP contribution < -0.4 is 14.9 Å². The third-order valence-electron chi connectivity index (χ3n) is 5.10. The quantitative estimate of drug-likeness (QED) is 0.176. The first-order valence-corrected chi connectivity index (χ1v) is 13.6. The molecule has 1 amide bonds. The molecule has 0 aliphatic carbocycles. The molecule has 37 heavy (non-hydrogen) atoms. The van der Waals surface area contributed by atoms with Gasteiger partial charge in [0.05, 0.1) is 11.1 Å². The van der Waals surface area contributed by atoms with Gasteiger partial charge in [0, 0.05) is 26.3 Å². The normalized spacial score (nSPS) is 11.3. The molecule has 0 saturated carbocycles. The van der Waals surface area contributed by atoms with Crippen molar-refractivity contribution in [2.45, 2.75) is 11.5 Å². The fraction of sp³-hybridized carbons (Fsp3) is 0.0370. The van der Waals surface area contributed by atoms with Crippen molar-refractivity contribution in [3.05, 3.63) is 123 Å². The number of rotatable bonds is 9. The van der Waals surface area contributed by atoms with E-state index < -0.39 is 15.9 Å². The molecule has 0 unspecified atom stereocenters. The van der Waals surface area contributed by atoms with Gasteiger partial charge in [-0.1, -0.05) is 57.9 Å². The lowest BCUT2D eigenvalue weighted by Crippen LogP contribution is -2.18. The Labute approximate surface area is 228 Å². The topological polar surface area (TPSA) is 96.9 Å². The van der Waals surface area contributed by atoms with E-state index in [0.29, 0.717) is 34.2 Å². The van der Waals surface area contributed by atoms with Crippen LogP contribution >= 0.6 is 27.5 Å². The van der Waals surface area contributed by atoms with Crippen LogP contribution in [0.2, 0.25) is 5.02 Å². The van der Waals surface area contributed by atoms with Crippen molar-refractivity contribution in [2.75, 3.05) is 4.72 Å². The molecule has 4 rings (SSSR count). The van der Waals surface area contributed by atoms with Crippen molar-refractivity contribution in [1.29, 1.82) is 0 Å². The van der Waals surface area contributed by atoms with E-state index in [9.17, 15) is 13.2 Å². The van der Waals surface area contributed by atoms with E-state index in [-0.39, 0.29) is 4.90 Å². The Morgan fingerprint density at radius 1 is 0.946 bits per heavy atom. The van der Waals surface area contributed by atoms with Crippen molar-refractivity contribution < 1.29 is 17.9 Å². The van der Waals surface area contributed by atoms with Gasteiger partial charge in [0.25, 0.3) is 15.9 Å². The van der Waals surface area contributed by atoms with Crippen molar-refractivity contribution in [2.24, 2.45) is 5.10 Å². The summed E-state index contributed by atoms with van der Waals surface area (Å²) in [5.74, 6) is 0.160. The second kappa shape index (κ2) is 12.1. The monoisotopic (exact) mass is 597 g/mol. The maximum atomic E-state index is 12.5. The first-order chi connectivity index (χ1) is 17.8. The van der Waals surface area contributed by atoms with E-state index in [1.165, 1.54) is 54.7 Å². The predicted molar refractivity (Wildman–Crippen MR) is 149 cm³/mol. The highest BCUT2D eigenvalue weighted by molar-refractivity contribution is 9.10. The minimum absolute atomic E-state index is 0.0766. The van der Waals surface area contributed by atoms with Crippen molar-refractivity contribution in [1.82, 2.24) is 5.43 Å². The van der Waals surface area contributed by atoms with Crippen LogP contribution in [-0.4, -0.2) is 20.5 Å². The number of anilines is 1. The molecule has 0 fully saturated rings. The number of benzene rings is 4. The van der Waals surface area contributed by atoms with E-state index in [2.05, 4.69) is 31.2 Å². The maximum absolute atomic E-state index is 12.5. The van der Waals surface area contributed by atoms with Crippen LogP contribution in [0.15, 0.2) is 112 Å². The molecule has 188 valence electrons. The zero-order chi connectivity index (χ0) is 26.3. The van der Waals surface area contributed by atoms with Crippen molar-refractivity contribution in [3.63, 3.8) is 0 Å². The average molecular weight is 599 g/mol. The summed E-state index contributed by atoms with van der Waals surface area (Å²) < 4.78 is 34.3. The molecule has 0 aliphatic heterocycles. The van der Waals surface area contributed by atoms with Crippen molar-refractivity contribution in [3.8, 4) is 5.75 Å². The molecule has 0 saturated heterocycles. The molecule has 0 heterocycles. The van der Waals surface area contributed by atoms with Crippen LogP contribution in [0.4, 0.5) is 5.69 Å². The zero-order valence-electron chi connectivity index (χ0n) is 19.3. The number of hydrogen-bond acceptors (Lipinski definition) is 5. The molecule has 4 aromatic rings. The molecule has 2 N–H and O–H groups in total. The Kier molecular flexibility index (Phi) is 8.60. The standard InChI is InChI=1S/C27H21BrClN3O4S/c28-22-8-15-26(36-18-19-4-2-1-3-5-19)21(16-22)17-30-31-27(33)20-6-11-24(12-7-20)32-37(34,35)25-13-9-23(29)10-14-25/h1-17,32H,18H2,(H,31,33)/b30-17+. The van der Waals surface area contributed by atoms with Gasteiger partial charge in [-0.2, -0.15) is 5.10 Å². The molecular formula is C27H21BrClN3O4S. The lowest BCUT2D eigenvalue weighted by atomic mass is 10.2. The maximum Gasteiger partial charge on any atom is 0.271 e. The molecule has 7 nitrogen and oxygen atoms in total. The van der Waals surface area contributed by atoms with Crippen LogP contribution in [0.25, 0.3) is 0 Å². The summed E-state index contributed by atoms with van der Waals surface area (Å²) >= 11 is 9.26. The Hall–Kier alpha value is -3.66. The summed E-state index contributed by atoms with van der Waals surface area (Å²) in [6.45, 7) is 0.393. The molecule has 4 aromatic carbocycles. The molecule has 0 bridgehead atoms. The van der Waals surface area contributed by atoms with E-state index in [1.807, 2.05) is 48.5 Å². The number of ether oxygens (including phenoxy) is 1. The van der Waals surface area contributed by atoms with Gasteiger partial charge in [-0.05, 0) is 72.3 Å².